The molecule has 119 heavy (non-hydrogen) atoms. The molecule has 0 aliphatic heterocycles. The molecule has 17 aromatic rings. The number of aryl methyl sites for hydroxylation is 1. The number of aromatic nitrogens is 12. The Balaban J connectivity index is 0.000000171. The molecule has 0 fully saturated rings. The Morgan fingerprint density at radius 1 is 0.437 bits per heavy atom. The largest absolute Gasteiger partial charge is 2.00 e. The van der Waals surface area contributed by atoms with E-state index in [1.165, 1.54) is 0 Å². The van der Waals surface area contributed by atoms with E-state index in [1.54, 1.807) is 72.3 Å². The minimum Gasteiger partial charge on any atom is -0.446 e. The third-order valence-electron chi connectivity index (χ3n) is 19.0. The van der Waals surface area contributed by atoms with Crippen LogP contribution < -0.4 is 24.6 Å². The predicted octanol–water partition coefficient (Wildman–Crippen LogP) is 19.2. The molecule has 0 aliphatic rings. The molecule has 0 saturated heterocycles. The molecule has 9 heterocycles. The summed E-state index contributed by atoms with van der Waals surface area (Å²) in [6.45, 7) is 11.5. The summed E-state index contributed by atoms with van der Waals surface area (Å²) in [5.41, 5.74) is 10.9. The van der Waals surface area contributed by atoms with E-state index in [-0.39, 0.29) is 105 Å². The second-order valence-corrected chi connectivity index (χ2v) is 27.4. The molecule has 15 nitrogen and oxygen atoms in total. The molecular weight excluding hydrogens is 2210 g/mol. The van der Waals surface area contributed by atoms with Crippen LogP contribution in [0.1, 0.15) is 61.6 Å². The van der Waals surface area contributed by atoms with Gasteiger partial charge in [0.1, 0.15) is 11.6 Å². The molecule has 0 saturated carbocycles. The quantitative estimate of drug-likeness (QED) is 0.0319. The molecule has 9 aromatic heterocycles. The molecular formula is C96H78F4Ir2N15Pt2-3. The minimum atomic E-state index is -0.789. The Labute approximate surface area is 746 Å². The fraction of sp³-hybridized carbons (Fsp3) is 0.135. The zero-order valence-corrected chi connectivity index (χ0v) is 74.2. The number of pyridine rings is 6. The molecule has 23 heteroatoms. The topological polar surface area (TPSA) is 159 Å². The maximum absolute atomic E-state index is 14.4. The second-order valence-electron chi connectivity index (χ2n) is 27.4. The average molecular weight is 2290 g/mol. The van der Waals surface area contributed by atoms with Gasteiger partial charge in [-0.05, 0) is 150 Å². The molecule has 17 rings (SSSR count). The number of anilines is 3. The van der Waals surface area contributed by atoms with Crippen LogP contribution in [0.15, 0.2) is 310 Å². The third-order valence-corrected chi connectivity index (χ3v) is 19.0. The molecule has 2 radical (unpaired) electrons. The van der Waals surface area contributed by atoms with Gasteiger partial charge in [-0.25, -0.2) is 4.90 Å². The molecule has 0 amide bonds. The van der Waals surface area contributed by atoms with Crippen LogP contribution in [-0.4, -0.2) is 69.3 Å². The zero-order chi connectivity index (χ0) is 79.1. The van der Waals surface area contributed by atoms with Crippen LogP contribution >= 0.6 is 0 Å². The van der Waals surface area contributed by atoms with Crippen molar-refractivity contribution in [3.8, 4) is 56.3 Å². The van der Waals surface area contributed by atoms with E-state index in [2.05, 4.69) is 185 Å². The SMILES string of the molecule is CC(C)(c1cc2ccccc2c(-c2[c-]cccc2)n1)c1cc2ccccc2c(-c2[c-]cccc2)n1.CCc1cccc(-c2[c-]cccc2)n1.Fc1c[c-]c(-c2cccc(N(c3ccccc3)c3cccc(-c4[c-]cc(F)cc4F)n3)n2)c(F)c1.[Ir].[Ir].[Pt+2].[Pt+2].c1ccc(CN(CCCN(Cc2ncc[n-]2)C[n+]2ccc[n-]2)CCc2ncc[n-]2)nc1. The maximum atomic E-state index is 14.4. The summed E-state index contributed by atoms with van der Waals surface area (Å²) in [6.07, 6.45) is 15.4. The molecule has 0 unspecified atom stereocenters. The molecule has 0 spiro atoms. The summed E-state index contributed by atoms with van der Waals surface area (Å²) in [5, 5.41) is 8.92. The smallest absolute Gasteiger partial charge is 0.446 e. The van der Waals surface area contributed by atoms with Gasteiger partial charge >= 0.3 is 42.1 Å². The van der Waals surface area contributed by atoms with Gasteiger partial charge in [-0.3, -0.25) is 57.0 Å². The fourth-order valence-corrected chi connectivity index (χ4v) is 13.2. The Bertz CT molecular complexity index is 5680. The monoisotopic (exact) mass is 2290 g/mol. The molecule has 0 N–H and O–H groups in total. The molecule has 606 valence electrons. The van der Waals surface area contributed by atoms with Crippen molar-refractivity contribution in [3.05, 3.63) is 398 Å². The van der Waals surface area contributed by atoms with Crippen molar-refractivity contribution in [2.75, 3.05) is 24.5 Å². The van der Waals surface area contributed by atoms with E-state index in [0.717, 1.165) is 159 Å². The van der Waals surface area contributed by atoms with Crippen LogP contribution in [0.2, 0.25) is 0 Å². The zero-order valence-electron chi connectivity index (χ0n) is 64.8. The molecule has 0 atom stereocenters. The number of benzene rings is 8. The van der Waals surface area contributed by atoms with Gasteiger partial charge in [0.15, 0.2) is 12.9 Å². The molecule has 0 bridgehead atoms. The minimum absolute atomic E-state index is 0. The van der Waals surface area contributed by atoms with E-state index >= 15 is 0 Å². The van der Waals surface area contributed by atoms with E-state index in [1.807, 2.05) is 144 Å². The van der Waals surface area contributed by atoms with Gasteiger partial charge in [-0.15, -0.1) is 138 Å². The Morgan fingerprint density at radius 3 is 1.46 bits per heavy atom. The Morgan fingerprint density at radius 2 is 0.950 bits per heavy atom. The van der Waals surface area contributed by atoms with Crippen molar-refractivity contribution >= 4 is 38.9 Å². The Hall–Kier alpha value is -11.1. The number of fused-ring (bicyclic) bond motifs is 2. The van der Waals surface area contributed by atoms with Gasteiger partial charge in [0, 0.05) is 124 Å². The first-order valence-corrected chi connectivity index (χ1v) is 37.7. The summed E-state index contributed by atoms with van der Waals surface area (Å²) in [7, 11) is 0. The van der Waals surface area contributed by atoms with Crippen LogP contribution in [0.4, 0.5) is 34.9 Å². The van der Waals surface area contributed by atoms with E-state index in [0.29, 0.717) is 30.5 Å². The number of para-hydroxylation sites is 1. The molecule has 0 aliphatic carbocycles. The van der Waals surface area contributed by atoms with Gasteiger partial charge in [-0.2, -0.15) is 0 Å². The number of nitrogens with zero attached hydrogens (tertiary/aromatic N) is 15. The fourth-order valence-electron chi connectivity index (χ4n) is 13.2. The van der Waals surface area contributed by atoms with Gasteiger partial charge in [0.25, 0.3) is 0 Å². The van der Waals surface area contributed by atoms with Gasteiger partial charge in [-0.1, -0.05) is 176 Å². The van der Waals surface area contributed by atoms with Crippen molar-refractivity contribution < 1.29 is 105 Å². The molecule has 8 aromatic carbocycles. The van der Waals surface area contributed by atoms with E-state index < -0.39 is 28.7 Å². The van der Waals surface area contributed by atoms with Crippen molar-refractivity contribution in [1.29, 1.82) is 0 Å². The maximum Gasteiger partial charge on any atom is 2.00 e. The first kappa shape index (κ1) is 90.3. The van der Waals surface area contributed by atoms with Crippen LogP contribution in [0, 0.1) is 53.6 Å². The number of halogens is 4. The summed E-state index contributed by atoms with van der Waals surface area (Å²) in [6, 6.07) is 97.2. The summed E-state index contributed by atoms with van der Waals surface area (Å²) >= 11 is 0. The summed E-state index contributed by atoms with van der Waals surface area (Å²) < 4.78 is 57.5. The first-order valence-electron chi connectivity index (χ1n) is 37.7. The van der Waals surface area contributed by atoms with Crippen LogP contribution in [0.5, 0.6) is 0 Å². The predicted molar refractivity (Wildman–Crippen MR) is 440 cm³/mol. The van der Waals surface area contributed by atoms with Crippen LogP contribution in [-0.2, 0) is 120 Å². The number of rotatable bonds is 24. The van der Waals surface area contributed by atoms with Crippen molar-refractivity contribution in [2.24, 2.45) is 0 Å². The van der Waals surface area contributed by atoms with Gasteiger partial charge in [0.2, 0.25) is 0 Å². The average Bonchev–Trinajstić information content (AvgIpc) is 0.818. The van der Waals surface area contributed by atoms with Crippen LogP contribution in [0.25, 0.3) is 77.8 Å². The number of hydrogen-bond acceptors (Lipinski definition) is 11. The standard InChI is InChI=1S/C33H24N2.C28H15F4N3.C22H27N9.C13H12N.2Ir.2Pt/c1-33(2,29-21-25-17-9-11-19-27(25)31(34-29)23-13-5-3-6-14-23)30-22-26-18-10-12-20-28(26)32(35-30)24-15-7-4-8-16-24;29-18-12-14-21(23(31)16-18)25-8-4-10-27(33-25)35(20-6-2-1-3-7-20)28-11-5-9-26(34-28)22-15-13-19(30)17-24(22)32;1-2-7-23-20(5-1)17-29(16-6-21-24-9-10-25-21)13-4-14-30(18-22-26-11-12-27-22)19-31-15-3-8-28-31;1-2-12-9-6-10-13(14-12)11-7-4-3-5-8-11;;;;/h3-13,15,17-22H,1-2H3;1-13,16-17H;1-3,5,7-12,15H,4,6,13-14,16-19H2;3-7,9-10H,2H2,1H3;;;;/q3*-2;-1;;;2*+2. The third kappa shape index (κ3) is 24.1. The first-order chi connectivity index (χ1) is 56.3. The van der Waals surface area contributed by atoms with Crippen molar-refractivity contribution in [2.45, 2.75) is 65.2 Å². The van der Waals surface area contributed by atoms with Crippen molar-refractivity contribution in [1.82, 2.24) is 64.7 Å². The number of hydrogen-bond donors (Lipinski definition) is 0. The van der Waals surface area contributed by atoms with E-state index in [4.69, 9.17) is 9.97 Å². The van der Waals surface area contributed by atoms with Gasteiger partial charge in [0.05, 0.1) is 5.69 Å². The second kappa shape index (κ2) is 44.6. The number of imidazole rings is 2. The van der Waals surface area contributed by atoms with Crippen molar-refractivity contribution in [3.63, 3.8) is 0 Å². The van der Waals surface area contributed by atoms with E-state index in [9.17, 15) is 17.6 Å². The summed E-state index contributed by atoms with van der Waals surface area (Å²) in [4.78, 5) is 52.3. The van der Waals surface area contributed by atoms with Crippen LogP contribution in [0.3, 0.4) is 0 Å². The summed E-state index contributed by atoms with van der Waals surface area (Å²) in [5.74, 6) is -0.548. The van der Waals surface area contributed by atoms with Gasteiger partial charge < -0.3 is 30.0 Å². The Kier molecular flexibility index (Phi) is 33.9. The normalized spacial score (nSPS) is 10.8.